The third-order valence-electron chi connectivity index (χ3n) is 11.1. The maximum atomic E-state index is 15.1. The number of aliphatic hydroxyl groups excluding tert-OH is 1. The van der Waals surface area contributed by atoms with Gasteiger partial charge in [0.1, 0.15) is 12.1 Å². The van der Waals surface area contributed by atoms with Gasteiger partial charge in [-0.1, -0.05) is 79.7 Å². The van der Waals surface area contributed by atoms with Gasteiger partial charge >= 0.3 is 0 Å². The number of aliphatic hydroxyl groups is 1. The molecule has 1 aromatic heterocycles. The van der Waals surface area contributed by atoms with E-state index in [2.05, 4.69) is 21.1 Å². The fraction of sp³-hybridized carbons (Fsp3) is 0.525. The van der Waals surface area contributed by atoms with Crippen LogP contribution in [0.1, 0.15) is 101 Å². The minimum absolute atomic E-state index is 0.0394. The van der Waals surface area contributed by atoms with Crippen LogP contribution in [0.15, 0.2) is 59.1 Å². The van der Waals surface area contributed by atoms with Crippen molar-refractivity contribution in [3.63, 3.8) is 0 Å². The zero-order valence-electron chi connectivity index (χ0n) is 30.0. The molecule has 1 spiro atoms. The van der Waals surface area contributed by atoms with Gasteiger partial charge in [0.25, 0.3) is 11.8 Å². The summed E-state index contributed by atoms with van der Waals surface area (Å²) in [5.41, 5.74) is 1.08. The van der Waals surface area contributed by atoms with Crippen molar-refractivity contribution < 1.29 is 29.1 Å². The molecule has 2 aliphatic heterocycles. The highest BCUT2D eigenvalue weighted by Crippen LogP contribution is 2.41. The number of likely N-dealkylation sites (tertiary alicyclic amines) is 1. The summed E-state index contributed by atoms with van der Waals surface area (Å²) in [6.07, 6.45) is 7.35. The highest BCUT2D eigenvalue weighted by atomic mass is 35.5. The van der Waals surface area contributed by atoms with Crippen LogP contribution in [0.2, 0.25) is 5.02 Å². The lowest BCUT2D eigenvalue weighted by Crippen LogP contribution is -2.56. The van der Waals surface area contributed by atoms with E-state index in [1.54, 1.807) is 12.1 Å². The van der Waals surface area contributed by atoms with Crippen molar-refractivity contribution in [2.45, 2.75) is 120 Å². The van der Waals surface area contributed by atoms with Gasteiger partial charge in [0.2, 0.25) is 11.8 Å². The molecule has 7 rings (SSSR count). The molecule has 4 aliphatic rings. The number of fused-ring (bicyclic) bond motifs is 1. The fourth-order valence-corrected chi connectivity index (χ4v) is 9.26. The maximum absolute atomic E-state index is 15.1. The number of hydrogen-bond acceptors (Lipinski definition) is 8. The van der Waals surface area contributed by atoms with Gasteiger partial charge in [-0.2, -0.15) is 0 Å². The second kappa shape index (κ2) is 16.2. The molecule has 3 fully saturated rings. The fourth-order valence-electron chi connectivity index (χ4n) is 8.08. The average Bonchev–Trinajstić information content (AvgIpc) is 3.54. The summed E-state index contributed by atoms with van der Waals surface area (Å²) in [4.78, 5) is 63.7. The van der Waals surface area contributed by atoms with E-state index in [1.807, 2.05) is 48.7 Å². The minimum Gasteiger partial charge on any atom is -0.387 e. The number of nitrogens with one attached hydrogen (secondary N) is 3. The zero-order chi connectivity index (χ0) is 37.1. The van der Waals surface area contributed by atoms with Crippen LogP contribution in [0.25, 0.3) is 10.1 Å². The van der Waals surface area contributed by atoms with Crippen LogP contribution in [0.5, 0.6) is 0 Å². The zero-order valence-corrected chi connectivity index (χ0v) is 31.6. The third kappa shape index (κ3) is 8.55. The van der Waals surface area contributed by atoms with Crippen LogP contribution < -0.4 is 16.0 Å². The van der Waals surface area contributed by atoms with E-state index >= 15 is 4.79 Å². The van der Waals surface area contributed by atoms with Crippen molar-refractivity contribution in [2.75, 3.05) is 6.54 Å². The van der Waals surface area contributed by atoms with Gasteiger partial charge in [0.15, 0.2) is 11.7 Å². The van der Waals surface area contributed by atoms with E-state index in [4.69, 9.17) is 16.4 Å². The molecular weight excluding hydrogens is 714 g/mol. The molecule has 11 nitrogen and oxygen atoms in total. The molecular formula is C40H48ClN5O6S. The van der Waals surface area contributed by atoms with Gasteiger partial charge in [-0.05, 0) is 67.0 Å². The third-order valence-corrected chi connectivity index (χ3v) is 12.3. The van der Waals surface area contributed by atoms with E-state index in [0.29, 0.717) is 42.0 Å². The van der Waals surface area contributed by atoms with Gasteiger partial charge in [-0.3, -0.25) is 19.2 Å². The SMILES string of the molecule is CCC[C@@H](NC(=O)[C@@H]1C[C@]2(CC(c3cccc(Cl)c3)=NO2)CN1C(=O)C(NC(=O)CC1CCCCC1)c1csc2ccccc12)C(O)C(=O)NC1CC1. The van der Waals surface area contributed by atoms with Crippen LogP contribution in [0.4, 0.5) is 0 Å². The molecule has 2 aromatic carbocycles. The lowest BCUT2D eigenvalue weighted by atomic mass is 9.86. The Bertz CT molecular complexity index is 1870. The normalized spacial score (nSPS) is 23.3. The Morgan fingerprint density at radius 2 is 1.85 bits per heavy atom. The molecule has 1 saturated heterocycles. The Hall–Kier alpha value is -4.00. The van der Waals surface area contributed by atoms with Crippen molar-refractivity contribution in [3.8, 4) is 0 Å². The molecule has 4 N–H and O–H groups in total. The van der Waals surface area contributed by atoms with Gasteiger partial charge in [0.05, 0.1) is 18.3 Å². The second-order valence-corrected chi connectivity index (χ2v) is 16.6. The molecule has 0 bridgehead atoms. The molecule has 2 saturated carbocycles. The summed E-state index contributed by atoms with van der Waals surface area (Å²) in [6, 6.07) is 12.2. The lowest BCUT2D eigenvalue weighted by molar-refractivity contribution is -0.143. The molecule has 2 unspecified atom stereocenters. The highest BCUT2D eigenvalue weighted by Gasteiger charge is 2.55. The monoisotopic (exact) mass is 761 g/mol. The topological polar surface area (TPSA) is 149 Å². The Kier molecular flexibility index (Phi) is 11.4. The molecule has 3 aromatic rings. The number of amides is 4. The van der Waals surface area contributed by atoms with E-state index in [1.165, 1.54) is 22.7 Å². The van der Waals surface area contributed by atoms with Gasteiger partial charge in [-0.15, -0.1) is 11.3 Å². The number of hydrogen-bond donors (Lipinski definition) is 4. The molecule has 0 radical (unpaired) electrons. The quantitative estimate of drug-likeness (QED) is 0.174. The highest BCUT2D eigenvalue weighted by molar-refractivity contribution is 7.17. The summed E-state index contributed by atoms with van der Waals surface area (Å²) < 4.78 is 0.980. The largest absolute Gasteiger partial charge is 0.387 e. The lowest BCUT2D eigenvalue weighted by Gasteiger charge is -2.31. The Labute approximate surface area is 318 Å². The Balaban J connectivity index is 1.19. The molecule has 13 heteroatoms. The van der Waals surface area contributed by atoms with Crippen LogP contribution in [0, 0.1) is 5.92 Å². The number of oxime groups is 1. The summed E-state index contributed by atoms with van der Waals surface area (Å²) in [6.45, 7) is 1.95. The molecule has 53 heavy (non-hydrogen) atoms. The summed E-state index contributed by atoms with van der Waals surface area (Å²) in [5.74, 6) is -1.39. The van der Waals surface area contributed by atoms with Crippen LogP contribution in [-0.2, 0) is 24.0 Å². The van der Waals surface area contributed by atoms with Gasteiger partial charge < -0.3 is 30.8 Å². The molecule has 282 valence electrons. The molecule has 5 atom stereocenters. The maximum Gasteiger partial charge on any atom is 0.251 e. The van der Waals surface area contributed by atoms with Crippen molar-refractivity contribution >= 4 is 62.4 Å². The first kappa shape index (κ1) is 37.3. The van der Waals surface area contributed by atoms with Crippen molar-refractivity contribution in [1.29, 1.82) is 0 Å². The Morgan fingerprint density at radius 3 is 2.60 bits per heavy atom. The minimum atomic E-state index is -1.46. The standard InChI is InChI=1S/C40H48ClN5O6S/c1-2-9-30(36(48)38(50)42-27-16-17-27)43-37(49)32-21-40(20-31(45-52-40)25-12-8-13-26(41)19-25)23-46(32)39(51)35(29-22-53-33-15-7-6-14-28(29)33)44-34(47)18-24-10-4-3-5-11-24/h6-8,12-15,19,22,24,27,30,32,35-36,48H,2-5,9-11,16-18,20-21,23H2,1H3,(H,42,50)(H,43,49)(H,44,47)/t30-,32+,35?,36?,40-/m1/s1. The van der Waals surface area contributed by atoms with E-state index in [0.717, 1.165) is 54.2 Å². The number of carbonyl (C=O) groups excluding carboxylic acids is 4. The van der Waals surface area contributed by atoms with Crippen molar-refractivity contribution in [2.24, 2.45) is 11.1 Å². The van der Waals surface area contributed by atoms with E-state index < -0.39 is 47.6 Å². The first-order chi connectivity index (χ1) is 25.6. The van der Waals surface area contributed by atoms with Gasteiger partial charge in [-0.25, -0.2) is 0 Å². The first-order valence-corrected chi connectivity index (χ1v) is 20.2. The predicted molar refractivity (Wildman–Crippen MR) is 204 cm³/mol. The number of thiophene rings is 1. The number of benzene rings is 2. The van der Waals surface area contributed by atoms with E-state index in [9.17, 15) is 19.5 Å². The second-order valence-electron chi connectivity index (χ2n) is 15.2. The smallest absolute Gasteiger partial charge is 0.251 e. The number of carbonyl (C=O) groups is 4. The Morgan fingerprint density at radius 1 is 1.06 bits per heavy atom. The van der Waals surface area contributed by atoms with E-state index in [-0.39, 0.29) is 30.8 Å². The van der Waals surface area contributed by atoms with Gasteiger partial charge in [0, 0.05) is 46.2 Å². The van der Waals surface area contributed by atoms with Crippen molar-refractivity contribution in [3.05, 3.63) is 70.1 Å². The number of nitrogens with zero attached hydrogens (tertiary/aromatic N) is 2. The van der Waals surface area contributed by atoms with Crippen LogP contribution in [-0.4, -0.2) is 75.7 Å². The summed E-state index contributed by atoms with van der Waals surface area (Å²) in [5, 5.41) is 27.7. The average molecular weight is 762 g/mol. The molecule has 2 aliphatic carbocycles. The predicted octanol–water partition coefficient (Wildman–Crippen LogP) is 5.77. The van der Waals surface area contributed by atoms with Crippen molar-refractivity contribution in [1.82, 2.24) is 20.9 Å². The molecule has 3 heterocycles. The summed E-state index contributed by atoms with van der Waals surface area (Å²) >= 11 is 7.80. The number of halogens is 1. The molecule has 4 amide bonds. The van der Waals surface area contributed by atoms with Crippen LogP contribution >= 0.6 is 22.9 Å². The number of rotatable bonds is 13. The summed E-state index contributed by atoms with van der Waals surface area (Å²) in [7, 11) is 0. The van der Waals surface area contributed by atoms with Crippen LogP contribution in [0.3, 0.4) is 0 Å². The first-order valence-electron chi connectivity index (χ1n) is 19.0.